The van der Waals surface area contributed by atoms with Gasteiger partial charge < -0.3 is 9.47 Å². The van der Waals surface area contributed by atoms with Crippen LogP contribution in [0.5, 0.6) is 11.5 Å². The van der Waals surface area contributed by atoms with Crippen molar-refractivity contribution in [3.63, 3.8) is 0 Å². The first-order valence-corrected chi connectivity index (χ1v) is 8.39. The predicted octanol–water partition coefficient (Wildman–Crippen LogP) is 2.67. The maximum absolute atomic E-state index is 11.8. The van der Waals surface area contributed by atoms with Gasteiger partial charge in [-0.1, -0.05) is 30.3 Å². The molecule has 4 rings (SSSR count). The molecule has 1 aromatic heterocycles. The molecule has 2 heterocycles. The molecule has 3 aromatic rings. The van der Waals surface area contributed by atoms with Crippen molar-refractivity contribution in [2.24, 2.45) is 0 Å². The van der Waals surface area contributed by atoms with E-state index in [9.17, 15) is 4.79 Å². The third-order valence-corrected chi connectivity index (χ3v) is 4.13. The summed E-state index contributed by atoms with van der Waals surface area (Å²) in [6, 6.07) is 17.1. The van der Waals surface area contributed by atoms with Gasteiger partial charge in [-0.2, -0.15) is 10.1 Å². The van der Waals surface area contributed by atoms with Gasteiger partial charge in [-0.3, -0.25) is 10.1 Å². The van der Waals surface area contributed by atoms with Gasteiger partial charge in [0.15, 0.2) is 0 Å². The molecule has 0 aliphatic carbocycles. The first-order valence-electron chi connectivity index (χ1n) is 8.39. The normalized spacial score (nSPS) is 15.8. The Morgan fingerprint density at radius 3 is 2.42 bits per heavy atom. The fraction of sp³-hybridized carbons (Fsp3) is 0.211. The van der Waals surface area contributed by atoms with E-state index >= 15 is 0 Å². The zero-order valence-corrected chi connectivity index (χ0v) is 14.0. The van der Waals surface area contributed by atoms with Crippen LogP contribution in [0, 0.1) is 0 Å². The van der Waals surface area contributed by atoms with Crippen molar-refractivity contribution in [1.29, 1.82) is 0 Å². The molecule has 1 aliphatic heterocycles. The monoisotopic (exact) mass is 350 g/mol. The van der Waals surface area contributed by atoms with Crippen LogP contribution < -0.4 is 14.8 Å². The molecule has 0 fully saturated rings. The SMILES string of the molecule is O=C1C[C@H](c2ccc(OCCOc3ccccc3)cc2)n2ncnc2N1. The number of nitrogens with one attached hydrogen (secondary N) is 1. The van der Waals surface area contributed by atoms with Crippen molar-refractivity contribution in [3.8, 4) is 11.5 Å². The Balaban J connectivity index is 1.35. The molecule has 0 spiro atoms. The second-order valence-electron chi connectivity index (χ2n) is 5.88. The number of fused-ring (bicyclic) bond motifs is 1. The number of ether oxygens (including phenoxy) is 2. The standard InChI is InChI=1S/C19H18N4O3/c24-18-12-17(23-19(22-18)20-13-21-23)14-6-8-16(9-7-14)26-11-10-25-15-4-2-1-3-5-15/h1-9,13,17H,10-12H2,(H,20,21,22,24)/t17-/m1/s1. The largest absolute Gasteiger partial charge is 0.490 e. The zero-order valence-electron chi connectivity index (χ0n) is 14.0. The van der Waals surface area contributed by atoms with Gasteiger partial charge in [0.05, 0.1) is 12.5 Å². The highest BCUT2D eigenvalue weighted by atomic mass is 16.5. The average molecular weight is 350 g/mol. The Morgan fingerprint density at radius 2 is 1.69 bits per heavy atom. The van der Waals surface area contributed by atoms with Crippen molar-refractivity contribution >= 4 is 11.9 Å². The van der Waals surface area contributed by atoms with Crippen LogP contribution in [-0.4, -0.2) is 33.9 Å². The molecule has 7 nitrogen and oxygen atoms in total. The Bertz CT molecular complexity index is 877. The van der Waals surface area contributed by atoms with E-state index < -0.39 is 0 Å². The molecule has 0 saturated heterocycles. The third-order valence-electron chi connectivity index (χ3n) is 4.13. The second-order valence-corrected chi connectivity index (χ2v) is 5.88. The molecular formula is C19H18N4O3. The van der Waals surface area contributed by atoms with Crippen molar-refractivity contribution in [1.82, 2.24) is 14.8 Å². The Labute approximate surface area is 150 Å². The summed E-state index contributed by atoms with van der Waals surface area (Å²) in [6.45, 7) is 0.921. The van der Waals surface area contributed by atoms with Crippen LogP contribution in [0.25, 0.3) is 0 Å². The predicted molar refractivity (Wildman–Crippen MR) is 95.3 cm³/mol. The summed E-state index contributed by atoms with van der Waals surface area (Å²) in [7, 11) is 0. The summed E-state index contributed by atoms with van der Waals surface area (Å²) in [6.07, 6.45) is 1.78. The highest BCUT2D eigenvalue weighted by Crippen LogP contribution is 2.29. The van der Waals surface area contributed by atoms with E-state index in [1.165, 1.54) is 6.33 Å². The van der Waals surface area contributed by atoms with Crippen LogP contribution in [-0.2, 0) is 4.79 Å². The summed E-state index contributed by atoms with van der Waals surface area (Å²) < 4.78 is 13.0. The second kappa shape index (κ2) is 7.26. The first kappa shape index (κ1) is 16.1. The first-order chi connectivity index (χ1) is 12.8. The lowest BCUT2D eigenvalue weighted by Gasteiger charge is -2.23. The number of para-hydroxylation sites is 1. The number of hydrogen-bond acceptors (Lipinski definition) is 5. The number of carbonyl (C=O) groups excluding carboxylic acids is 1. The average Bonchev–Trinajstić information content (AvgIpc) is 3.14. The lowest BCUT2D eigenvalue weighted by molar-refractivity contribution is -0.117. The van der Waals surface area contributed by atoms with Gasteiger partial charge in [0.2, 0.25) is 11.9 Å². The minimum Gasteiger partial charge on any atom is -0.490 e. The molecule has 1 atom stereocenters. The van der Waals surface area contributed by atoms with Crippen molar-refractivity contribution in [2.75, 3.05) is 18.5 Å². The number of anilines is 1. The van der Waals surface area contributed by atoms with E-state index in [4.69, 9.17) is 9.47 Å². The van der Waals surface area contributed by atoms with Crippen LogP contribution in [0.4, 0.5) is 5.95 Å². The van der Waals surface area contributed by atoms with E-state index in [1.807, 2.05) is 54.6 Å². The summed E-state index contributed by atoms with van der Waals surface area (Å²) in [4.78, 5) is 15.9. The lowest BCUT2D eigenvalue weighted by Crippen LogP contribution is -2.29. The summed E-state index contributed by atoms with van der Waals surface area (Å²) >= 11 is 0. The summed E-state index contributed by atoms with van der Waals surface area (Å²) in [5.74, 6) is 1.99. The van der Waals surface area contributed by atoms with Crippen LogP contribution in [0.1, 0.15) is 18.0 Å². The van der Waals surface area contributed by atoms with Crippen LogP contribution in [0.3, 0.4) is 0 Å². The van der Waals surface area contributed by atoms with E-state index in [1.54, 1.807) is 4.68 Å². The van der Waals surface area contributed by atoms with E-state index in [0.29, 0.717) is 25.6 Å². The quantitative estimate of drug-likeness (QED) is 0.692. The van der Waals surface area contributed by atoms with E-state index in [-0.39, 0.29) is 11.9 Å². The van der Waals surface area contributed by atoms with Gasteiger partial charge in [0, 0.05) is 0 Å². The molecule has 7 heteroatoms. The van der Waals surface area contributed by atoms with Gasteiger partial charge in [-0.05, 0) is 29.8 Å². The molecule has 0 unspecified atom stereocenters. The summed E-state index contributed by atoms with van der Waals surface area (Å²) in [5.41, 5.74) is 0.986. The van der Waals surface area contributed by atoms with Crippen molar-refractivity contribution in [3.05, 3.63) is 66.5 Å². The minimum absolute atomic E-state index is 0.0612. The lowest BCUT2D eigenvalue weighted by atomic mass is 10.0. The van der Waals surface area contributed by atoms with Gasteiger partial charge in [-0.15, -0.1) is 0 Å². The molecule has 2 aromatic carbocycles. The van der Waals surface area contributed by atoms with Crippen LogP contribution in [0.2, 0.25) is 0 Å². The Morgan fingerprint density at radius 1 is 1.00 bits per heavy atom. The van der Waals surface area contributed by atoms with Crippen molar-refractivity contribution < 1.29 is 14.3 Å². The van der Waals surface area contributed by atoms with Gasteiger partial charge in [-0.25, -0.2) is 4.68 Å². The number of nitrogens with zero attached hydrogens (tertiary/aromatic N) is 3. The molecule has 1 amide bonds. The zero-order chi connectivity index (χ0) is 17.8. The van der Waals surface area contributed by atoms with E-state index in [0.717, 1.165) is 17.1 Å². The third kappa shape index (κ3) is 3.51. The number of rotatable bonds is 6. The number of hydrogen-bond donors (Lipinski definition) is 1. The smallest absolute Gasteiger partial charge is 0.229 e. The molecule has 1 N–H and O–H groups in total. The molecule has 132 valence electrons. The maximum atomic E-state index is 11.8. The number of aromatic nitrogens is 3. The molecule has 0 saturated carbocycles. The molecular weight excluding hydrogens is 332 g/mol. The van der Waals surface area contributed by atoms with Gasteiger partial charge >= 0.3 is 0 Å². The highest BCUT2D eigenvalue weighted by molar-refractivity contribution is 5.91. The highest BCUT2D eigenvalue weighted by Gasteiger charge is 2.27. The number of carbonyl (C=O) groups is 1. The van der Waals surface area contributed by atoms with Crippen molar-refractivity contribution in [2.45, 2.75) is 12.5 Å². The van der Waals surface area contributed by atoms with Gasteiger partial charge in [0.25, 0.3) is 0 Å². The summed E-state index contributed by atoms with van der Waals surface area (Å²) in [5, 5.41) is 6.91. The molecule has 0 radical (unpaired) electrons. The Hall–Kier alpha value is -3.35. The minimum atomic E-state index is -0.156. The maximum Gasteiger partial charge on any atom is 0.229 e. The molecule has 0 bridgehead atoms. The van der Waals surface area contributed by atoms with Crippen LogP contribution >= 0.6 is 0 Å². The van der Waals surface area contributed by atoms with Crippen LogP contribution in [0.15, 0.2) is 60.9 Å². The Kier molecular flexibility index (Phi) is 4.51. The molecule has 1 aliphatic rings. The number of benzene rings is 2. The fourth-order valence-corrected chi connectivity index (χ4v) is 2.89. The fourth-order valence-electron chi connectivity index (χ4n) is 2.89. The number of amides is 1. The topological polar surface area (TPSA) is 78.3 Å². The molecule has 26 heavy (non-hydrogen) atoms. The van der Waals surface area contributed by atoms with E-state index in [2.05, 4.69) is 15.4 Å². The van der Waals surface area contributed by atoms with Gasteiger partial charge in [0.1, 0.15) is 31.0 Å².